The molecule has 0 saturated carbocycles. The van der Waals surface area contributed by atoms with Crippen molar-refractivity contribution in [2.45, 2.75) is 6.42 Å². The van der Waals surface area contributed by atoms with Gasteiger partial charge in [0, 0.05) is 10.0 Å². The first-order valence-electron chi connectivity index (χ1n) is 9.19. The molecule has 0 atom stereocenters. The maximum atomic E-state index is 12.0. The van der Waals surface area contributed by atoms with Crippen LogP contribution in [0.25, 0.3) is 11.1 Å². The predicted molar refractivity (Wildman–Crippen MR) is 119 cm³/mol. The number of carbonyl (C=O) groups is 2. The summed E-state index contributed by atoms with van der Waals surface area (Å²) in [5, 5.41) is 9.72. The van der Waals surface area contributed by atoms with Crippen LogP contribution in [0.3, 0.4) is 0 Å². The molecule has 8 heteroatoms. The third-order valence-electron chi connectivity index (χ3n) is 4.28. The molecule has 0 spiro atoms. The Hall–Kier alpha value is -3.53. The van der Waals surface area contributed by atoms with Gasteiger partial charge in [0.25, 0.3) is 5.91 Å². The zero-order chi connectivity index (χ0) is 22.2. The number of nitriles is 1. The largest absolute Gasteiger partial charge is 0.484 e. The summed E-state index contributed by atoms with van der Waals surface area (Å²) in [4.78, 5) is 23.9. The van der Waals surface area contributed by atoms with Crippen LogP contribution in [0.4, 0.5) is 0 Å². The van der Waals surface area contributed by atoms with E-state index in [1.165, 1.54) is 0 Å². The average molecular weight is 454 g/mol. The van der Waals surface area contributed by atoms with Crippen molar-refractivity contribution >= 4 is 35.0 Å². The molecule has 0 aliphatic rings. The van der Waals surface area contributed by atoms with Gasteiger partial charge in [-0.25, -0.2) is 0 Å². The molecular formula is C23H17Cl2N3O3. The van der Waals surface area contributed by atoms with Crippen molar-refractivity contribution < 1.29 is 14.3 Å². The smallest absolute Gasteiger partial charge is 0.276 e. The zero-order valence-corrected chi connectivity index (χ0v) is 17.7. The molecule has 156 valence electrons. The van der Waals surface area contributed by atoms with Crippen LogP contribution < -0.4 is 15.6 Å². The van der Waals surface area contributed by atoms with Crippen molar-refractivity contribution in [1.82, 2.24) is 10.9 Å². The van der Waals surface area contributed by atoms with Gasteiger partial charge in [0.2, 0.25) is 5.91 Å². The molecule has 0 radical (unpaired) electrons. The molecule has 2 amide bonds. The van der Waals surface area contributed by atoms with Crippen LogP contribution in [0.2, 0.25) is 10.0 Å². The first-order valence-corrected chi connectivity index (χ1v) is 9.95. The summed E-state index contributed by atoms with van der Waals surface area (Å²) >= 11 is 11.9. The monoisotopic (exact) mass is 453 g/mol. The third kappa shape index (κ3) is 6.48. The van der Waals surface area contributed by atoms with E-state index in [4.69, 9.17) is 33.2 Å². The first-order chi connectivity index (χ1) is 14.9. The molecule has 3 rings (SSSR count). The highest BCUT2D eigenvalue weighted by molar-refractivity contribution is 6.35. The van der Waals surface area contributed by atoms with E-state index < -0.39 is 11.8 Å². The van der Waals surface area contributed by atoms with Gasteiger partial charge in [0.15, 0.2) is 6.61 Å². The van der Waals surface area contributed by atoms with E-state index >= 15 is 0 Å². The maximum Gasteiger partial charge on any atom is 0.276 e. The molecule has 0 aliphatic heterocycles. The van der Waals surface area contributed by atoms with Gasteiger partial charge in [-0.1, -0.05) is 53.5 Å². The minimum Gasteiger partial charge on any atom is -0.484 e. The summed E-state index contributed by atoms with van der Waals surface area (Å²) in [6, 6.07) is 21.3. The normalized spacial score (nSPS) is 10.1. The molecule has 0 heterocycles. The molecule has 3 aromatic rings. The third-order valence-corrected chi connectivity index (χ3v) is 4.87. The average Bonchev–Trinajstić information content (AvgIpc) is 2.78. The van der Waals surface area contributed by atoms with Gasteiger partial charge in [-0.05, 0) is 53.1 Å². The van der Waals surface area contributed by atoms with E-state index in [2.05, 4.69) is 16.9 Å². The number of carbonyl (C=O) groups excluding carboxylic acids is 2. The number of nitrogens with one attached hydrogen (secondary N) is 2. The summed E-state index contributed by atoms with van der Waals surface area (Å²) in [6.07, 6.45) is -0.00600. The van der Waals surface area contributed by atoms with Crippen LogP contribution in [-0.4, -0.2) is 18.4 Å². The molecule has 0 aromatic heterocycles. The maximum absolute atomic E-state index is 12.0. The van der Waals surface area contributed by atoms with Crippen molar-refractivity contribution in [3.63, 3.8) is 0 Å². The molecule has 0 unspecified atom stereocenters. The van der Waals surface area contributed by atoms with Crippen molar-refractivity contribution in [3.05, 3.63) is 87.9 Å². The summed E-state index contributed by atoms with van der Waals surface area (Å²) in [6.45, 7) is -0.266. The Bertz CT molecular complexity index is 1120. The van der Waals surface area contributed by atoms with Crippen LogP contribution in [0.5, 0.6) is 5.75 Å². The lowest BCUT2D eigenvalue weighted by atomic mass is 10.0. The highest BCUT2D eigenvalue weighted by Gasteiger charge is 2.09. The topological polar surface area (TPSA) is 91.2 Å². The van der Waals surface area contributed by atoms with Gasteiger partial charge < -0.3 is 4.74 Å². The molecular weight excluding hydrogens is 437 g/mol. The number of rotatable bonds is 6. The number of hydrazine groups is 1. The Morgan fingerprint density at radius 3 is 2.10 bits per heavy atom. The number of nitrogens with zero attached hydrogens (tertiary/aromatic N) is 1. The van der Waals surface area contributed by atoms with E-state index in [0.717, 1.165) is 11.1 Å². The number of hydrogen-bond acceptors (Lipinski definition) is 4. The van der Waals surface area contributed by atoms with Crippen LogP contribution in [0, 0.1) is 11.3 Å². The van der Waals surface area contributed by atoms with Gasteiger partial charge in [0.05, 0.1) is 18.1 Å². The SMILES string of the molecule is N#Cc1ccc(-c2ccc(OCC(=O)NNC(=O)Cc3ccc(Cl)cc3Cl)cc2)cc1. The second-order valence-electron chi connectivity index (χ2n) is 6.51. The van der Waals surface area contributed by atoms with Gasteiger partial charge in [-0.2, -0.15) is 5.26 Å². The summed E-state index contributed by atoms with van der Waals surface area (Å²) in [7, 11) is 0. The van der Waals surface area contributed by atoms with Gasteiger partial charge in [-0.15, -0.1) is 0 Å². The minimum absolute atomic E-state index is 0.00600. The van der Waals surface area contributed by atoms with Gasteiger partial charge in [0.1, 0.15) is 5.75 Å². The second kappa shape index (κ2) is 10.5. The molecule has 31 heavy (non-hydrogen) atoms. The van der Waals surface area contributed by atoms with Crippen LogP contribution in [0.15, 0.2) is 66.7 Å². The van der Waals surface area contributed by atoms with Crippen LogP contribution in [-0.2, 0) is 16.0 Å². The molecule has 0 bridgehead atoms. The summed E-state index contributed by atoms with van der Waals surface area (Å²) in [5.74, 6) is -0.428. The fraction of sp³-hybridized carbons (Fsp3) is 0.0870. The highest BCUT2D eigenvalue weighted by Crippen LogP contribution is 2.23. The summed E-state index contributed by atoms with van der Waals surface area (Å²) < 4.78 is 5.44. The Labute approximate surface area is 189 Å². The fourth-order valence-corrected chi connectivity index (χ4v) is 3.16. The number of amides is 2. The predicted octanol–water partition coefficient (Wildman–Crippen LogP) is 4.30. The molecule has 0 fully saturated rings. The van der Waals surface area contributed by atoms with Crippen molar-refractivity contribution in [2.75, 3.05) is 6.61 Å². The van der Waals surface area contributed by atoms with E-state index in [1.54, 1.807) is 42.5 Å². The second-order valence-corrected chi connectivity index (χ2v) is 7.35. The van der Waals surface area contributed by atoms with Crippen molar-refractivity contribution in [3.8, 4) is 22.9 Å². The number of benzene rings is 3. The Balaban J connectivity index is 1.44. The molecule has 3 aromatic carbocycles. The van der Waals surface area contributed by atoms with Crippen LogP contribution >= 0.6 is 23.2 Å². The van der Waals surface area contributed by atoms with Gasteiger partial charge in [-0.3, -0.25) is 20.4 Å². The van der Waals surface area contributed by atoms with Crippen molar-refractivity contribution in [2.24, 2.45) is 0 Å². The zero-order valence-electron chi connectivity index (χ0n) is 16.2. The van der Waals surface area contributed by atoms with E-state index in [9.17, 15) is 9.59 Å². The lowest BCUT2D eigenvalue weighted by molar-refractivity contribution is -0.129. The highest BCUT2D eigenvalue weighted by atomic mass is 35.5. The van der Waals surface area contributed by atoms with Crippen molar-refractivity contribution in [1.29, 1.82) is 5.26 Å². The Kier molecular flexibility index (Phi) is 7.50. The quantitative estimate of drug-likeness (QED) is 0.544. The Morgan fingerprint density at radius 1 is 0.871 bits per heavy atom. The lowest BCUT2D eigenvalue weighted by Crippen LogP contribution is -2.44. The Morgan fingerprint density at radius 2 is 1.48 bits per heavy atom. The molecule has 0 saturated heterocycles. The van der Waals surface area contributed by atoms with E-state index in [1.807, 2.05) is 24.3 Å². The van der Waals surface area contributed by atoms with E-state index in [-0.39, 0.29) is 13.0 Å². The fourth-order valence-electron chi connectivity index (χ4n) is 2.69. The summed E-state index contributed by atoms with van der Waals surface area (Å²) in [5.41, 5.74) is 7.72. The molecule has 0 aliphatic carbocycles. The van der Waals surface area contributed by atoms with Crippen LogP contribution in [0.1, 0.15) is 11.1 Å². The van der Waals surface area contributed by atoms with E-state index in [0.29, 0.717) is 26.9 Å². The molecule has 2 N–H and O–H groups in total. The first kappa shape index (κ1) is 22.2. The molecule has 6 nitrogen and oxygen atoms in total. The number of halogens is 2. The minimum atomic E-state index is -0.508. The van der Waals surface area contributed by atoms with Gasteiger partial charge >= 0.3 is 0 Å². The standard InChI is InChI=1S/C23H17Cl2N3O3/c24-19-8-5-18(21(25)12-19)11-22(29)27-28-23(30)14-31-20-9-6-17(7-10-20)16-3-1-15(13-26)2-4-16/h1-10,12H,11,14H2,(H,27,29)(H,28,30). The number of ether oxygens (including phenoxy) is 1. The number of hydrogen-bond donors (Lipinski definition) is 2. The lowest BCUT2D eigenvalue weighted by Gasteiger charge is -2.10.